The lowest BCUT2D eigenvalue weighted by molar-refractivity contribution is -0.660. The van der Waals surface area contributed by atoms with Crippen molar-refractivity contribution >= 4 is 0 Å². The van der Waals surface area contributed by atoms with E-state index in [4.69, 9.17) is 0 Å². The van der Waals surface area contributed by atoms with E-state index in [1.165, 1.54) is 102 Å². The molecule has 2 saturated carbocycles. The van der Waals surface area contributed by atoms with Gasteiger partial charge in [-0.3, -0.25) is 0 Å². The minimum atomic E-state index is 0.563. The zero-order chi connectivity index (χ0) is 25.2. The van der Waals surface area contributed by atoms with Crippen molar-refractivity contribution in [2.75, 3.05) is 0 Å². The highest BCUT2D eigenvalue weighted by Gasteiger charge is 2.41. The molecule has 0 radical (unpaired) electrons. The Morgan fingerprint density at radius 2 is 1.44 bits per heavy atom. The van der Waals surface area contributed by atoms with Gasteiger partial charge in [0.1, 0.15) is 7.05 Å². The van der Waals surface area contributed by atoms with Crippen LogP contribution in [0.25, 0.3) is 22.4 Å². The van der Waals surface area contributed by atoms with Crippen LogP contribution in [0, 0.1) is 31.6 Å². The number of nitrogens with zero attached hydrogens (tertiary/aromatic N) is 1. The fraction of sp³-hybridized carbons (Fsp3) is 0.514. The lowest BCUT2D eigenvalue weighted by Crippen LogP contribution is -2.35. The molecule has 6 rings (SSSR count). The molecule has 0 aliphatic heterocycles. The number of aromatic nitrogens is 1. The first kappa shape index (κ1) is 24.0. The van der Waals surface area contributed by atoms with Gasteiger partial charge in [-0.15, -0.1) is 0 Å². The molecular weight excluding hydrogens is 434 g/mol. The molecule has 2 fully saturated rings. The summed E-state index contributed by atoms with van der Waals surface area (Å²) in [4.78, 5) is 0. The summed E-state index contributed by atoms with van der Waals surface area (Å²) >= 11 is 0. The molecule has 1 spiro atoms. The largest absolute Gasteiger partial charge is 0.213 e. The van der Waals surface area contributed by atoms with Crippen molar-refractivity contribution in [3.05, 3.63) is 76.0 Å². The molecular formula is C35H44N+. The smallest absolute Gasteiger partial charge is 0.201 e. The topological polar surface area (TPSA) is 3.88 Å². The molecule has 0 unspecified atom stereocenters. The van der Waals surface area contributed by atoms with Gasteiger partial charge in [-0.05, 0) is 134 Å². The predicted octanol–water partition coefficient (Wildman–Crippen LogP) is 8.92. The molecule has 2 aromatic carbocycles. The number of benzene rings is 2. The van der Waals surface area contributed by atoms with Crippen LogP contribution in [0.15, 0.2) is 42.6 Å². The van der Waals surface area contributed by atoms with Gasteiger partial charge in [0.15, 0.2) is 6.20 Å². The van der Waals surface area contributed by atoms with Crippen LogP contribution in [0.5, 0.6) is 0 Å². The molecule has 188 valence electrons. The van der Waals surface area contributed by atoms with Crippen molar-refractivity contribution in [2.45, 2.75) is 98.3 Å². The van der Waals surface area contributed by atoms with Crippen molar-refractivity contribution < 1.29 is 4.57 Å². The Bertz CT molecular complexity index is 1320. The zero-order valence-electron chi connectivity index (χ0n) is 23.4. The zero-order valence-corrected chi connectivity index (χ0v) is 23.4. The second-order valence-corrected chi connectivity index (χ2v) is 13.4. The number of hydrogen-bond donors (Lipinski definition) is 0. The Morgan fingerprint density at radius 3 is 2.17 bits per heavy atom. The van der Waals surface area contributed by atoms with Gasteiger partial charge in [-0.25, -0.2) is 4.57 Å². The van der Waals surface area contributed by atoms with Gasteiger partial charge in [0, 0.05) is 11.6 Å². The van der Waals surface area contributed by atoms with Crippen molar-refractivity contribution in [2.24, 2.45) is 17.9 Å². The molecule has 0 amide bonds. The SMILES string of the molecule is Cc1c[n+](C)c(-c2c(C)cc(C)c3c2Cc2ccccc2-3)cc1C1CCC2(CC1)CCC(C)(C)CC2. The van der Waals surface area contributed by atoms with Crippen molar-refractivity contribution in [3.63, 3.8) is 0 Å². The van der Waals surface area contributed by atoms with Crippen LogP contribution < -0.4 is 4.57 Å². The Labute approximate surface area is 219 Å². The molecule has 1 heterocycles. The summed E-state index contributed by atoms with van der Waals surface area (Å²) in [5.41, 5.74) is 15.9. The lowest BCUT2D eigenvalue weighted by atomic mass is 9.58. The lowest BCUT2D eigenvalue weighted by Gasteiger charge is -2.47. The molecule has 1 nitrogen and oxygen atoms in total. The molecule has 3 aliphatic carbocycles. The van der Waals surface area contributed by atoms with Crippen LogP contribution >= 0.6 is 0 Å². The molecule has 0 bridgehead atoms. The monoisotopic (exact) mass is 478 g/mol. The van der Waals surface area contributed by atoms with Crippen LogP contribution in [0.1, 0.15) is 105 Å². The highest BCUT2D eigenvalue weighted by atomic mass is 14.9. The van der Waals surface area contributed by atoms with E-state index in [0.29, 0.717) is 16.7 Å². The van der Waals surface area contributed by atoms with Crippen molar-refractivity contribution in [1.29, 1.82) is 0 Å². The Balaban J connectivity index is 1.35. The van der Waals surface area contributed by atoms with E-state index >= 15 is 0 Å². The molecule has 36 heavy (non-hydrogen) atoms. The molecule has 3 aliphatic rings. The molecule has 0 saturated heterocycles. The maximum atomic E-state index is 2.59. The van der Waals surface area contributed by atoms with Crippen molar-refractivity contribution in [3.8, 4) is 22.4 Å². The van der Waals surface area contributed by atoms with Crippen LogP contribution in [0.3, 0.4) is 0 Å². The standard InChI is InChI=1S/C35H44N/c1-23-19-24(2)33(30-20-27-9-7-8-10-28(27)32(23)30)31-21-29(25(3)22-36(31)6)26-11-13-35(14-12-26)17-15-34(4,5)16-18-35/h7-10,19,21-22,26H,11-18,20H2,1-6H3/q+1. The maximum Gasteiger partial charge on any atom is 0.213 e. The van der Waals surface area contributed by atoms with Gasteiger partial charge < -0.3 is 0 Å². The van der Waals surface area contributed by atoms with E-state index in [9.17, 15) is 0 Å². The van der Waals surface area contributed by atoms with E-state index in [1.54, 1.807) is 5.56 Å². The van der Waals surface area contributed by atoms with Gasteiger partial charge in [-0.2, -0.15) is 0 Å². The number of hydrogen-bond acceptors (Lipinski definition) is 0. The third-order valence-electron chi connectivity index (χ3n) is 10.4. The van der Waals surface area contributed by atoms with Crippen molar-refractivity contribution in [1.82, 2.24) is 0 Å². The van der Waals surface area contributed by atoms with Crippen LogP contribution in [0.2, 0.25) is 0 Å². The van der Waals surface area contributed by atoms with Crippen LogP contribution in [-0.4, -0.2) is 0 Å². The summed E-state index contributed by atoms with van der Waals surface area (Å²) in [5, 5.41) is 0. The minimum absolute atomic E-state index is 0.563. The molecule has 1 aromatic heterocycles. The highest BCUT2D eigenvalue weighted by Crippen LogP contribution is 2.55. The fourth-order valence-corrected chi connectivity index (χ4v) is 8.07. The van der Waals surface area contributed by atoms with Gasteiger partial charge in [0.05, 0.1) is 5.56 Å². The number of rotatable bonds is 2. The summed E-state index contributed by atoms with van der Waals surface area (Å²) in [6.45, 7) is 11.9. The summed E-state index contributed by atoms with van der Waals surface area (Å²) in [7, 11) is 2.25. The van der Waals surface area contributed by atoms with Gasteiger partial charge in [0.2, 0.25) is 5.69 Å². The van der Waals surface area contributed by atoms with Crippen LogP contribution in [0.4, 0.5) is 0 Å². The van der Waals surface area contributed by atoms with E-state index in [1.807, 2.05) is 0 Å². The Kier molecular flexibility index (Phi) is 5.71. The van der Waals surface area contributed by atoms with Gasteiger partial charge in [0.25, 0.3) is 0 Å². The third-order valence-corrected chi connectivity index (χ3v) is 10.4. The summed E-state index contributed by atoms with van der Waals surface area (Å²) in [6.07, 6.45) is 14.8. The Hall–Kier alpha value is -2.41. The second-order valence-electron chi connectivity index (χ2n) is 13.4. The maximum absolute atomic E-state index is 2.59. The Morgan fingerprint density at radius 1 is 0.778 bits per heavy atom. The third kappa shape index (κ3) is 3.94. The quantitative estimate of drug-likeness (QED) is 0.253. The first-order valence-electron chi connectivity index (χ1n) is 14.4. The van der Waals surface area contributed by atoms with Gasteiger partial charge in [-0.1, -0.05) is 44.2 Å². The average molecular weight is 479 g/mol. The number of fused-ring (bicyclic) bond motifs is 3. The van der Waals surface area contributed by atoms with Gasteiger partial charge >= 0.3 is 0 Å². The first-order valence-corrected chi connectivity index (χ1v) is 14.4. The van der Waals surface area contributed by atoms with E-state index < -0.39 is 0 Å². The summed E-state index contributed by atoms with van der Waals surface area (Å²) in [5.74, 6) is 0.710. The molecule has 1 heteroatoms. The fourth-order valence-electron chi connectivity index (χ4n) is 8.07. The normalized spacial score (nSPS) is 20.4. The number of aryl methyl sites for hydroxylation is 4. The number of pyridine rings is 1. The first-order chi connectivity index (χ1) is 17.2. The molecule has 3 aromatic rings. The molecule has 0 N–H and O–H groups in total. The average Bonchev–Trinajstić information content (AvgIpc) is 3.23. The summed E-state index contributed by atoms with van der Waals surface area (Å²) in [6, 6.07) is 14.0. The van der Waals surface area contributed by atoms with E-state index in [0.717, 1.165) is 6.42 Å². The minimum Gasteiger partial charge on any atom is -0.201 e. The van der Waals surface area contributed by atoms with Crippen LogP contribution in [-0.2, 0) is 13.5 Å². The second kappa shape index (κ2) is 8.57. The van der Waals surface area contributed by atoms with E-state index in [-0.39, 0.29) is 0 Å². The predicted molar refractivity (Wildman–Crippen MR) is 151 cm³/mol. The molecule has 0 atom stereocenters. The highest BCUT2D eigenvalue weighted by molar-refractivity contribution is 5.87. The van der Waals surface area contributed by atoms with E-state index in [2.05, 4.69) is 88.8 Å². The summed E-state index contributed by atoms with van der Waals surface area (Å²) < 4.78 is 2.40.